The molecule has 9 N–H and O–H groups in total. The van der Waals surface area contributed by atoms with Crippen LogP contribution in [0.2, 0.25) is 0 Å². The Morgan fingerprint density at radius 2 is 1.59 bits per heavy atom. The van der Waals surface area contributed by atoms with Gasteiger partial charge < -0.3 is 40.9 Å². The summed E-state index contributed by atoms with van der Waals surface area (Å²) in [6.45, 7) is 2.27. The molecule has 4 aliphatic rings. The molecule has 0 spiro atoms. The molecule has 22 nitrogen and oxygen atoms in total. The highest BCUT2D eigenvalue weighted by atomic mass is 31.2. The number of aromatic amines is 1. The fraction of sp³-hybridized carbons (Fsp3) is 0.500. The lowest BCUT2D eigenvalue weighted by Gasteiger charge is -2.26. The lowest BCUT2D eigenvalue weighted by molar-refractivity contribution is -0.0676. The van der Waals surface area contributed by atoms with Crippen LogP contribution in [0.25, 0.3) is 16.7 Å². The number of phosphoric acid groups is 2. The number of anilines is 1. The first-order chi connectivity index (χ1) is 21.7. The molecule has 0 amide bonds. The summed E-state index contributed by atoms with van der Waals surface area (Å²) in [6.07, 6.45) is -10.0. The van der Waals surface area contributed by atoms with Gasteiger partial charge in [-0.25, -0.2) is 24.1 Å². The number of rotatable bonds is 2. The lowest BCUT2D eigenvalue weighted by Crippen LogP contribution is -2.36. The number of nitrogens with zero attached hydrogens (tertiary/aromatic N) is 6. The minimum atomic E-state index is -5.10. The minimum absolute atomic E-state index is 0.107. The van der Waals surface area contributed by atoms with Crippen LogP contribution in [-0.4, -0.2) is 105 Å². The molecular formula is C22H27N9O13P2. The average molecular weight is 687 g/mol. The number of ether oxygens (including phenoxy) is 2. The topological polar surface area (TPSA) is 316 Å². The molecule has 4 aliphatic heterocycles. The van der Waals surface area contributed by atoms with E-state index in [1.807, 2.05) is 0 Å². The lowest BCUT2D eigenvalue weighted by atomic mass is 10.1. The maximum Gasteiger partial charge on any atom is 0.472 e. The van der Waals surface area contributed by atoms with Gasteiger partial charge >= 0.3 is 15.6 Å². The van der Waals surface area contributed by atoms with E-state index in [2.05, 4.69) is 31.5 Å². The molecule has 0 radical (unpaired) electrons. The van der Waals surface area contributed by atoms with E-state index in [0.29, 0.717) is 11.3 Å². The molecule has 3 saturated heterocycles. The Balaban J connectivity index is 1.20. The Morgan fingerprint density at radius 1 is 0.935 bits per heavy atom. The predicted molar refractivity (Wildman–Crippen MR) is 151 cm³/mol. The predicted octanol–water partition coefficient (Wildman–Crippen LogP) is -1.46. The van der Waals surface area contributed by atoms with Crippen molar-refractivity contribution < 1.29 is 56.7 Å². The van der Waals surface area contributed by atoms with Crippen molar-refractivity contribution in [1.29, 1.82) is 0 Å². The third kappa shape index (κ3) is 5.41. The van der Waals surface area contributed by atoms with Crippen molar-refractivity contribution in [2.24, 2.45) is 10.7 Å². The number of aliphatic hydroxyl groups is 2. The monoisotopic (exact) mass is 687 g/mol. The van der Waals surface area contributed by atoms with Crippen molar-refractivity contribution in [3.05, 3.63) is 35.3 Å². The number of aromatic nitrogens is 6. The van der Waals surface area contributed by atoms with Crippen molar-refractivity contribution in [3.63, 3.8) is 0 Å². The maximum absolute atomic E-state index is 13.2. The number of fused-ring (bicyclic) bond motifs is 5. The van der Waals surface area contributed by atoms with Crippen molar-refractivity contribution in [3.8, 4) is 0 Å². The zero-order chi connectivity index (χ0) is 32.7. The molecule has 248 valence electrons. The Labute approximate surface area is 256 Å². The summed E-state index contributed by atoms with van der Waals surface area (Å²) < 4.78 is 61.4. The number of nitrogen functional groups attached to an aromatic ring is 1. The number of nitrogens with one attached hydrogen (secondary N) is 1. The van der Waals surface area contributed by atoms with E-state index in [1.54, 1.807) is 0 Å². The molecule has 0 saturated carbocycles. The summed E-state index contributed by atoms with van der Waals surface area (Å²) in [5.74, 6) is 0.0991. The molecule has 46 heavy (non-hydrogen) atoms. The highest BCUT2D eigenvalue weighted by Gasteiger charge is 2.54. The van der Waals surface area contributed by atoms with E-state index in [0.717, 1.165) is 10.9 Å². The molecule has 7 heterocycles. The number of nitrogens with two attached hydrogens (primary N) is 2. The second-order valence-corrected chi connectivity index (χ2v) is 13.6. The summed E-state index contributed by atoms with van der Waals surface area (Å²) in [5.41, 5.74) is 11.5. The molecule has 0 aliphatic carbocycles. The van der Waals surface area contributed by atoms with Gasteiger partial charge in [0.2, 0.25) is 5.95 Å². The first-order valence-electron chi connectivity index (χ1n) is 13.5. The molecule has 7 rings (SSSR count). The van der Waals surface area contributed by atoms with Gasteiger partial charge in [0.1, 0.15) is 48.2 Å². The highest BCUT2D eigenvalue weighted by Crippen LogP contribution is 2.54. The van der Waals surface area contributed by atoms with Gasteiger partial charge in [0.15, 0.2) is 29.4 Å². The van der Waals surface area contributed by atoms with Gasteiger partial charge in [-0.3, -0.25) is 37.0 Å². The summed E-state index contributed by atoms with van der Waals surface area (Å²) in [5, 5.41) is 22.2. The molecular weight excluding hydrogens is 660 g/mol. The molecule has 3 fully saturated rings. The van der Waals surface area contributed by atoms with Gasteiger partial charge in [-0.15, -0.1) is 0 Å². The standard InChI is InChI=1S/C22H27N9O13P2/c1-7-2-10(23)27-17-11(7)25-5-31(17)21-16-13(32)8(41-21)3-39-45(35,36)43-15-9(4-40-46(37,38)44-16)42-20(14(15)33)30-6-26-12-18(30)28-22(24)29-19(12)34/h5-6,8-9,13-16,20-21,32-33H,1-4H2,(H2,23,27)(H,35,36)(H,37,38)(H3,24,28,29,34). The van der Waals surface area contributed by atoms with E-state index in [-0.39, 0.29) is 35.2 Å². The number of phosphoric ester groups is 2. The first kappa shape index (κ1) is 31.2. The number of imidazole rings is 2. The van der Waals surface area contributed by atoms with Crippen molar-refractivity contribution in [1.82, 2.24) is 29.1 Å². The van der Waals surface area contributed by atoms with Crippen molar-refractivity contribution >= 4 is 50.0 Å². The van der Waals surface area contributed by atoms with Gasteiger partial charge in [0, 0.05) is 6.42 Å². The number of aliphatic imine (C=N–C) groups is 1. The van der Waals surface area contributed by atoms with Crippen LogP contribution in [0.5, 0.6) is 0 Å². The van der Waals surface area contributed by atoms with Crippen LogP contribution in [0.3, 0.4) is 0 Å². The number of hydrogen-bond donors (Lipinski definition) is 7. The van der Waals surface area contributed by atoms with Crippen LogP contribution in [0, 0.1) is 0 Å². The number of H-pyrrole nitrogens is 1. The third-order valence-electron chi connectivity index (χ3n) is 7.68. The maximum atomic E-state index is 13.2. The molecule has 10 unspecified atom stereocenters. The van der Waals surface area contributed by atoms with Crippen LogP contribution < -0.4 is 17.0 Å². The van der Waals surface area contributed by atoms with Crippen molar-refractivity contribution in [2.75, 3.05) is 18.9 Å². The van der Waals surface area contributed by atoms with Gasteiger partial charge in [-0.1, -0.05) is 6.58 Å². The minimum Gasteiger partial charge on any atom is -0.387 e. The smallest absolute Gasteiger partial charge is 0.387 e. The zero-order valence-electron chi connectivity index (χ0n) is 23.3. The Hall–Kier alpha value is -3.37. The van der Waals surface area contributed by atoms with E-state index < -0.39 is 83.5 Å². The third-order valence-corrected chi connectivity index (χ3v) is 9.65. The molecule has 0 aromatic carbocycles. The molecule has 2 bridgehead atoms. The molecule has 10 atom stereocenters. The van der Waals surface area contributed by atoms with Crippen molar-refractivity contribution in [2.45, 2.75) is 55.5 Å². The van der Waals surface area contributed by atoms with Crippen LogP contribution in [0.15, 0.2) is 29.0 Å². The normalized spacial score (nSPS) is 38.4. The summed E-state index contributed by atoms with van der Waals surface area (Å²) in [6, 6.07) is 0. The van der Waals surface area contributed by atoms with E-state index >= 15 is 0 Å². The highest BCUT2D eigenvalue weighted by molar-refractivity contribution is 7.47. The van der Waals surface area contributed by atoms with Crippen LogP contribution in [0.4, 0.5) is 11.8 Å². The Morgan fingerprint density at radius 3 is 2.33 bits per heavy atom. The van der Waals surface area contributed by atoms with Gasteiger partial charge in [-0.05, 0) is 5.57 Å². The fourth-order valence-corrected chi connectivity index (χ4v) is 7.52. The second kappa shape index (κ2) is 11.1. The van der Waals surface area contributed by atoms with Gasteiger partial charge in [-0.2, -0.15) is 4.98 Å². The SMILES string of the molecule is C=C1CC(N)=Nc2c1ncn2C1OC2COP(=O)(O)OC3C(COP(=O)(O)OC1C2O)OC(n1cnc2c(=O)[nH]c(N)nc21)C3O. The van der Waals surface area contributed by atoms with Gasteiger partial charge in [0.05, 0.1) is 25.9 Å². The first-order valence-corrected chi connectivity index (χ1v) is 16.5. The molecule has 3 aromatic rings. The van der Waals surface area contributed by atoms with Gasteiger partial charge in [0.25, 0.3) is 5.56 Å². The van der Waals surface area contributed by atoms with E-state index in [1.165, 1.54) is 10.9 Å². The Bertz CT molecular complexity index is 1910. The molecule has 24 heteroatoms. The van der Waals surface area contributed by atoms with E-state index in [4.69, 9.17) is 39.0 Å². The van der Waals surface area contributed by atoms with Crippen LogP contribution in [0.1, 0.15) is 24.6 Å². The quantitative estimate of drug-likeness (QED) is 0.151. The number of amidine groups is 1. The fourth-order valence-electron chi connectivity index (χ4n) is 5.62. The van der Waals surface area contributed by atoms with Crippen LogP contribution >= 0.6 is 15.6 Å². The Kier molecular flexibility index (Phi) is 7.55. The second-order valence-electron chi connectivity index (χ2n) is 10.8. The molecule has 3 aromatic heterocycles. The number of aliphatic hydroxyl groups excluding tert-OH is 2. The van der Waals surface area contributed by atoms with E-state index in [9.17, 15) is 33.9 Å². The van der Waals surface area contributed by atoms with Crippen LogP contribution in [-0.2, 0) is 36.7 Å². The number of hydrogen-bond acceptors (Lipinski definition) is 17. The largest absolute Gasteiger partial charge is 0.472 e. The zero-order valence-corrected chi connectivity index (χ0v) is 25.1. The average Bonchev–Trinajstić information content (AvgIpc) is 3.72. The summed E-state index contributed by atoms with van der Waals surface area (Å²) in [7, 11) is -10.2. The summed E-state index contributed by atoms with van der Waals surface area (Å²) in [4.78, 5) is 52.3. The summed E-state index contributed by atoms with van der Waals surface area (Å²) >= 11 is 0.